The molecule has 0 radical (unpaired) electrons. The Hall–Kier alpha value is -1.04. The summed E-state index contributed by atoms with van der Waals surface area (Å²) in [5.41, 5.74) is -0.217. The number of hydrogen-bond donors (Lipinski definition) is 1. The highest BCUT2D eigenvalue weighted by atomic mass is 16.1. The number of rotatable bonds is 2. The summed E-state index contributed by atoms with van der Waals surface area (Å²) in [4.78, 5) is 13.9. The molecule has 0 saturated heterocycles. The molecule has 10 heavy (non-hydrogen) atoms. The van der Waals surface area contributed by atoms with Crippen LogP contribution in [-0.2, 0) is 4.79 Å². The molecule has 3 nitrogen and oxygen atoms in total. The molecule has 0 atom stereocenters. The lowest BCUT2D eigenvalue weighted by atomic mass is 10.3. The van der Waals surface area contributed by atoms with Crippen LogP contribution < -0.4 is 5.32 Å². The van der Waals surface area contributed by atoms with Gasteiger partial charge in [0, 0.05) is 19.8 Å². The van der Waals surface area contributed by atoms with Gasteiger partial charge in [-0.05, 0) is 0 Å². The molecule has 0 heterocycles. The lowest BCUT2D eigenvalue weighted by molar-refractivity contribution is -0.119. The molecule has 1 rings (SSSR count). The summed E-state index contributed by atoms with van der Waals surface area (Å²) >= 11 is 0. The first kappa shape index (κ1) is 7.07. The van der Waals surface area contributed by atoms with Gasteiger partial charge in [-0.1, -0.05) is 0 Å². The molecule has 1 amide bonds. The lowest BCUT2D eigenvalue weighted by Crippen LogP contribution is -2.29. The van der Waals surface area contributed by atoms with Gasteiger partial charge in [0.15, 0.2) is 0 Å². The third-order valence-electron chi connectivity index (χ3n) is 1.73. The molecule has 0 aromatic rings. The second-order valence-corrected chi connectivity index (χ2v) is 2.75. The van der Waals surface area contributed by atoms with Crippen LogP contribution in [0, 0.1) is 6.57 Å². The predicted octanol–water partition coefficient (Wildman–Crippen LogP) is 0.574. The number of nitrogens with one attached hydrogen (secondary N) is 1. The van der Waals surface area contributed by atoms with Crippen LogP contribution in [0.4, 0.5) is 0 Å². The lowest BCUT2D eigenvalue weighted by Gasteiger charge is -2.01. The standard InChI is InChI=1S/C7H10N2O/c1-6(10)9-5-7(8-2)3-4-7/h3-5H2,1H3,(H,9,10). The molecule has 0 aromatic carbocycles. The Balaban J connectivity index is 2.27. The van der Waals surface area contributed by atoms with E-state index in [0.29, 0.717) is 6.54 Å². The maximum atomic E-state index is 10.4. The van der Waals surface area contributed by atoms with Crippen LogP contribution in [0.15, 0.2) is 0 Å². The zero-order chi connectivity index (χ0) is 7.61. The number of carbonyl (C=O) groups is 1. The third kappa shape index (κ3) is 1.47. The van der Waals surface area contributed by atoms with Gasteiger partial charge in [0.25, 0.3) is 0 Å². The number of amides is 1. The zero-order valence-electron chi connectivity index (χ0n) is 5.98. The van der Waals surface area contributed by atoms with Crippen LogP contribution >= 0.6 is 0 Å². The van der Waals surface area contributed by atoms with Crippen molar-refractivity contribution < 1.29 is 4.79 Å². The molecule has 1 aliphatic rings. The van der Waals surface area contributed by atoms with Crippen LogP contribution in [0.5, 0.6) is 0 Å². The van der Waals surface area contributed by atoms with Gasteiger partial charge >= 0.3 is 0 Å². The van der Waals surface area contributed by atoms with E-state index in [2.05, 4.69) is 10.2 Å². The van der Waals surface area contributed by atoms with Crippen molar-refractivity contribution in [2.24, 2.45) is 0 Å². The highest BCUT2D eigenvalue weighted by Gasteiger charge is 2.50. The topological polar surface area (TPSA) is 33.5 Å². The van der Waals surface area contributed by atoms with Gasteiger partial charge in [0.05, 0.1) is 6.54 Å². The van der Waals surface area contributed by atoms with E-state index in [9.17, 15) is 4.79 Å². The minimum Gasteiger partial charge on any atom is -0.348 e. The molecule has 1 saturated carbocycles. The van der Waals surface area contributed by atoms with E-state index in [4.69, 9.17) is 6.57 Å². The van der Waals surface area contributed by atoms with E-state index < -0.39 is 0 Å². The molecule has 0 spiro atoms. The predicted molar refractivity (Wildman–Crippen MR) is 37.3 cm³/mol. The van der Waals surface area contributed by atoms with Crippen LogP contribution in [0.2, 0.25) is 0 Å². The van der Waals surface area contributed by atoms with E-state index >= 15 is 0 Å². The smallest absolute Gasteiger partial charge is 0.250 e. The Morgan fingerprint density at radius 1 is 1.80 bits per heavy atom. The van der Waals surface area contributed by atoms with Crippen molar-refractivity contribution in [3.05, 3.63) is 11.4 Å². The van der Waals surface area contributed by atoms with E-state index in [-0.39, 0.29) is 11.4 Å². The summed E-state index contributed by atoms with van der Waals surface area (Å²) in [7, 11) is 0. The van der Waals surface area contributed by atoms with Gasteiger partial charge in [-0.3, -0.25) is 4.79 Å². The monoisotopic (exact) mass is 138 g/mol. The SMILES string of the molecule is [C-]#[N+]C1(CNC(C)=O)CC1. The Morgan fingerprint density at radius 2 is 2.40 bits per heavy atom. The highest BCUT2D eigenvalue weighted by molar-refractivity contribution is 5.73. The normalized spacial score (nSPS) is 19.2. The van der Waals surface area contributed by atoms with Gasteiger partial charge in [0.1, 0.15) is 0 Å². The van der Waals surface area contributed by atoms with E-state index in [1.165, 1.54) is 6.92 Å². The second-order valence-electron chi connectivity index (χ2n) is 2.75. The van der Waals surface area contributed by atoms with Gasteiger partial charge in [-0.15, -0.1) is 0 Å². The average molecular weight is 138 g/mol. The Labute approximate surface area is 60.2 Å². The van der Waals surface area contributed by atoms with Crippen molar-refractivity contribution in [1.82, 2.24) is 5.32 Å². The van der Waals surface area contributed by atoms with Crippen molar-refractivity contribution >= 4 is 5.91 Å². The maximum absolute atomic E-state index is 10.4. The van der Waals surface area contributed by atoms with E-state index in [0.717, 1.165) is 12.8 Å². The van der Waals surface area contributed by atoms with Gasteiger partial charge in [-0.25, -0.2) is 6.57 Å². The van der Waals surface area contributed by atoms with Crippen LogP contribution in [0.1, 0.15) is 19.8 Å². The van der Waals surface area contributed by atoms with Crippen molar-refractivity contribution in [2.75, 3.05) is 6.54 Å². The average Bonchev–Trinajstić information content (AvgIpc) is 2.64. The van der Waals surface area contributed by atoms with Crippen LogP contribution in [0.3, 0.4) is 0 Å². The molecule has 0 unspecified atom stereocenters. The molecule has 0 aliphatic heterocycles. The zero-order valence-corrected chi connectivity index (χ0v) is 5.98. The molecule has 3 heteroatoms. The fourth-order valence-corrected chi connectivity index (χ4v) is 0.761. The van der Waals surface area contributed by atoms with Crippen LogP contribution in [0.25, 0.3) is 4.85 Å². The number of nitrogens with zero attached hydrogens (tertiary/aromatic N) is 1. The van der Waals surface area contributed by atoms with Crippen molar-refractivity contribution in [1.29, 1.82) is 0 Å². The van der Waals surface area contributed by atoms with Gasteiger partial charge in [-0.2, -0.15) is 0 Å². The first-order chi connectivity index (χ1) is 4.68. The van der Waals surface area contributed by atoms with Crippen molar-refractivity contribution in [2.45, 2.75) is 25.3 Å². The van der Waals surface area contributed by atoms with E-state index in [1.807, 2.05) is 0 Å². The fraction of sp³-hybridized carbons (Fsp3) is 0.714. The van der Waals surface area contributed by atoms with Gasteiger partial charge < -0.3 is 10.2 Å². The van der Waals surface area contributed by atoms with Gasteiger partial charge in [0.2, 0.25) is 11.4 Å². The molecular weight excluding hydrogens is 128 g/mol. The number of hydrogen-bond acceptors (Lipinski definition) is 1. The molecule has 1 N–H and O–H groups in total. The fourth-order valence-electron chi connectivity index (χ4n) is 0.761. The Kier molecular flexibility index (Phi) is 1.62. The van der Waals surface area contributed by atoms with E-state index in [1.54, 1.807) is 0 Å². The second kappa shape index (κ2) is 2.30. The molecule has 54 valence electrons. The summed E-state index contributed by atoms with van der Waals surface area (Å²) in [6, 6.07) is 0. The minimum atomic E-state index is -0.217. The maximum Gasteiger partial charge on any atom is 0.250 e. The molecule has 0 bridgehead atoms. The Bertz CT molecular complexity index is 188. The first-order valence-corrected chi connectivity index (χ1v) is 3.32. The summed E-state index contributed by atoms with van der Waals surface area (Å²) in [6.07, 6.45) is 1.88. The Morgan fingerprint density at radius 3 is 2.70 bits per heavy atom. The molecule has 0 aromatic heterocycles. The molecule has 1 fully saturated rings. The molecular formula is C7H10N2O. The minimum absolute atomic E-state index is 0.0464. The summed E-state index contributed by atoms with van der Waals surface area (Å²) < 4.78 is 0. The third-order valence-corrected chi connectivity index (χ3v) is 1.73. The van der Waals surface area contributed by atoms with Crippen LogP contribution in [-0.4, -0.2) is 18.0 Å². The quantitative estimate of drug-likeness (QED) is 0.556. The first-order valence-electron chi connectivity index (χ1n) is 3.32. The highest BCUT2D eigenvalue weighted by Crippen LogP contribution is 2.38. The van der Waals surface area contributed by atoms with Crippen molar-refractivity contribution in [3.63, 3.8) is 0 Å². The number of carbonyl (C=O) groups excluding carboxylic acids is 1. The largest absolute Gasteiger partial charge is 0.348 e. The van der Waals surface area contributed by atoms with Crippen molar-refractivity contribution in [3.8, 4) is 0 Å². The summed E-state index contributed by atoms with van der Waals surface area (Å²) in [5, 5.41) is 2.65. The summed E-state index contributed by atoms with van der Waals surface area (Å²) in [5.74, 6) is -0.0464. The molecule has 1 aliphatic carbocycles. The summed E-state index contributed by atoms with van der Waals surface area (Å²) in [6.45, 7) is 8.79.